The maximum Gasteiger partial charge on any atom is 0.0415 e. The van der Waals surface area contributed by atoms with Crippen molar-refractivity contribution in [3.05, 3.63) is 70.3 Å². The maximum absolute atomic E-state index is 3.56. The van der Waals surface area contributed by atoms with Crippen LogP contribution in [0.25, 0.3) is 0 Å². The van der Waals surface area contributed by atoms with Gasteiger partial charge in [0.05, 0.1) is 0 Å². The van der Waals surface area contributed by atoms with Crippen LogP contribution >= 0.6 is 0 Å². The smallest absolute Gasteiger partial charge is 0.0415 e. The van der Waals surface area contributed by atoms with Gasteiger partial charge in [0.2, 0.25) is 0 Å². The summed E-state index contributed by atoms with van der Waals surface area (Å²) in [6.07, 6.45) is 0. The minimum Gasteiger partial charge on any atom is -0.312 e. The molecule has 0 aromatic heterocycles. The average Bonchev–Trinajstić information content (AvgIpc) is 2.43. The second-order valence-electron chi connectivity index (χ2n) is 6.62. The van der Waals surface area contributed by atoms with E-state index in [-0.39, 0.29) is 5.41 Å². The van der Waals surface area contributed by atoms with Gasteiger partial charge in [-0.2, -0.15) is 0 Å². The van der Waals surface area contributed by atoms with E-state index in [2.05, 4.69) is 89.4 Å². The van der Waals surface area contributed by atoms with Crippen molar-refractivity contribution in [2.24, 2.45) is 0 Å². The molecule has 0 bridgehead atoms. The summed E-state index contributed by atoms with van der Waals surface area (Å²) >= 11 is 0. The van der Waals surface area contributed by atoms with Crippen molar-refractivity contribution in [1.29, 1.82) is 0 Å². The zero-order valence-electron chi connectivity index (χ0n) is 14.1. The summed E-state index contributed by atoms with van der Waals surface area (Å²) in [5, 5.41) is 3.56. The Bertz CT molecular complexity index is 588. The highest BCUT2D eigenvalue weighted by atomic mass is 14.9. The molecule has 0 radical (unpaired) electrons. The van der Waals surface area contributed by atoms with Gasteiger partial charge < -0.3 is 5.32 Å². The molecule has 2 aromatic rings. The van der Waals surface area contributed by atoms with E-state index >= 15 is 0 Å². The third-order valence-electron chi connectivity index (χ3n) is 4.55. The lowest BCUT2D eigenvalue weighted by atomic mass is 9.73. The third-order valence-corrected chi connectivity index (χ3v) is 4.55. The Labute approximate surface area is 129 Å². The Kier molecular flexibility index (Phi) is 4.53. The van der Waals surface area contributed by atoms with Crippen LogP contribution in [-0.2, 0) is 5.41 Å². The lowest BCUT2D eigenvalue weighted by Crippen LogP contribution is -2.36. The second kappa shape index (κ2) is 6.03. The van der Waals surface area contributed by atoms with E-state index < -0.39 is 0 Å². The van der Waals surface area contributed by atoms with Crippen LogP contribution in [0, 0.1) is 20.8 Å². The lowest BCUT2D eigenvalue weighted by molar-refractivity contribution is 0.366. The summed E-state index contributed by atoms with van der Waals surface area (Å²) in [5.41, 5.74) is 6.90. The molecule has 0 fully saturated rings. The molecule has 0 aliphatic carbocycles. The average molecular weight is 281 g/mol. The van der Waals surface area contributed by atoms with Crippen molar-refractivity contribution in [3.8, 4) is 0 Å². The first-order valence-corrected chi connectivity index (χ1v) is 7.68. The van der Waals surface area contributed by atoms with Gasteiger partial charge >= 0.3 is 0 Å². The van der Waals surface area contributed by atoms with Crippen molar-refractivity contribution in [2.45, 2.75) is 46.1 Å². The van der Waals surface area contributed by atoms with Gasteiger partial charge in [0, 0.05) is 11.5 Å². The Morgan fingerprint density at radius 2 is 1.43 bits per heavy atom. The molecule has 2 rings (SSSR count). The van der Waals surface area contributed by atoms with Crippen LogP contribution in [0.1, 0.15) is 47.7 Å². The van der Waals surface area contributed by atoms with Crippen molar-refractivity contribution in [1.82, 2.24) is 5.32 Å². The summed E-state index contributed by atoms with van der Waals surface area (Å²) in [4.78, 5) is 0. The quantitative estimate of drug-likeness (QED) is 0.844. The Morgan fingerprint density at radius 1 is 0.905 bits per heavy atom. The van der Waals surface area contributed by atoms with E-state index in [0.717, 1.165) is 0 Å². The predicted molar refractivity (Wildman–Crippen MR) is 91.9 cm³/mol. The molecule has 0 saturated heterocycles. The highest BCUT2D eigenvalue weighted by Gasteiger charge is 2.33. The van der Waals surface area contributed by atoms with Gasteiger partial charge in [-0.3, -0.25) is 0 Å². The molecule has 0 aliphatic heterocycles. The molecular formula is C20H27N. The van der Waals surface area contributed by atoms with E-state index in [1.165, 1.54) is 27.8 Å². The molecule has 0 saturated carbocycles. The van der Waals surface area contributed by atoms with E-state index in [0.29, 0.717) is 6.04 Å². The van der Waals surface area contributed by atoms with Gasteiger partial charge in [-0.05, 0) is 50.1 Å². The molecule has 21 heavy (non-hydrogen) atoms. The third kappa shape index (κ3) is 3.03. The number of nitrogens with one attached hydrogen (secondary N) is 1. The number of likely N-dealkylation sites (N-methyl/N-ethyl adjacent to an activating group) is 1. The van der Waals surface area contributed by atoms with Crippen LogP contribution in [-0.4, -0.2) is 7.05 Å². The van der Waals surface area contributed by atoms with Crippen LogP contribution in [0.15, 0.2) is 42.5 Å². The molecule has 1 heteroatoms. The van der Waals surface area contributed by atoms with E-state index in [1.807, 2.05) is 0 Å². The Hall–Kier alpha value is -1.60. The van der Waals surface area contributed by atoms with Crippen molar-refractivity contribution in [2.75, 3.05) is 7.05 Å². The topological polar surface area (TPSA) is 12.0 Å². The molecule has 2 aromatic carbocycles. The van der Waals surface area contributed by atoms with Crippen LogP contribution < -0.4 is 5.32 Å². The predicted octanol–water partition coefficient (Wildman–Crippen LogP) is 4.85. The Balaban J connectivity index is 2.55. The molecule has 0 aliphatic rings. The number of hydrogen-bond acceptors (Lipinski definition) is 1. The molecule has 1 N–H and O–H groups in total. The molecule has 0 amide bonds. The normalized spacial score (nSPS) is 13.2. The van der Waals surface area contributed by atoms with Crippen molar-refractivity contribution >= 4 is 0 Å². The van der Waals surface area contributed by atoms with Crippen LogP contribution in [0.5, 0.6) is 0 Å². The van der Waals surface area contributed by atoms with Gasteiger partial charge in [-0.15, -0.1) is 0 Å². The fraction of sp³-hybridized carbons (Fsp3) is 0.400. The van der Waals surface area contributed by atoms with Gasteiger partial charge in [0.15, 0.2) is 0 Å². The number of hydrogen-bond donors (Lipinski definition) is 1. The summed E-state index contributed by atoms with van der Waals surface area (Å²) < 4.78 is 0. The molecular weight excluding hydrogens is 254 g/mol. The van der Waals surface area contributed by atoms with Crippen LogP contribution in [0.2, 0.25) is 0 Å². The molecule has 1 unspecified atom stereocenters. The van der Waals surface area contributed by atoms with E-state index in [4.69, 9.17) is 0 Å². The SMILES string of the molecule is CNC(c1c(C)cc(C)cc1C)C(C)(C)c1ccccc1. The number of rotatable bonds is 4. The van der Waals surface area contributed by atoms with Crippen LogP contribution in [0.3, 0.4) is 0 Å². The minimum absolute atomic E-state index is 0.0286. The van der Waals surface area contributed by atoms with Gasteiger partial charge in [0.25, 0.3) is 0 Å². The highest BCUT2D eigenvalue weighted by molar-refractivity contribution is 5.43. The monoisotopic (exact) mass is 281 g/mol. The Morgan fingerprint density at radius 3 is 1.90 bits per heavy atom. The number of benzene rings is 2. The summed E-state index contributed by atoms with van der Waals surface area (Å²) in [5.74, 6) is 0. The molecule has 1 atom stereocenters. The molecule has 0 heterocycles. The first-order chi connectivity index (χ1) is 9.87. The standard InChI is InChI=1S/C20H27N/c1-14-12-15(2)18(16(3)13-14)19(21-6)20(4,5)17-10-8-7-9-11-17/h7-13,19,21H,1-6H3. The second-order valence-corrected chi connectivity index (χ2v) is 6.62. The largest absolute Gasteiger partial charge is 0.312 e. The first kappa shape index (κ1) is 15.8. The zero-order chi connectivity index (χ0) is 15.6. The maximum atomic E-state index is 3.56. The molecule has 1 nitrogen and oxygen atoms in total. The first-order valence-electron chi connectivity index (χ1n) is 7.68. The fourth-order valence-electron chi connectivity index (χ4n) is 3.55. The minimum atomic E-state index is 0.0286. The molecule has 0 spiro atoms. The summed E-state index contributed by atoms with van der Waals surface area (Å²) in [6, 6.07) is 15.6. The summed E-state index contributed by atoms with van der Waals surface area (Å²) in [6.45, 7) is 11.3. The lowest BCUT2D eigenvalue weighted by Gasteiger charge is -2.37. The van der Waals surface area contributed by atoms with Crippen molar-refractivity contribution in [3.63, 3.8) is 0 Å². The van der Waals surface area contributed by atoms with Gasteiger partial charge in [-0.1, -0.05) is 61.9 Å². The summed E-state index contributed by atoms with van der Waals surface area (Å²) in [7, 11) is 2.06. The van der Waals surface area contributed by atoms with E-state index in [1.54, 1.807) is 0 Å². The van der Waals surface area contributed by atoms with Gasteiger partial charge in [-0.25, -0.2) is 0 Å². The van der Waals surface area contributed by atoms with Crippen LogP contribution in [0.4, 0.5) is 0 Å². The van der Waals surface area contributed by atoms with E-state index in [9.17, 15) is 0 Å². The molecule has 112 valence electrons. The highest BCUT2D eigenvalue weighted by Crippen LogP contribution is 2.39. The van der Waals surface area contributed by atoms with Gasteiger partial charge in [0.1, 0.15) is 0 Å². The zero-order valence-corrected chi connectivity index (χ0v) is 14.1. The number of aryl methyl sites for hydroxylation is 3. The van der Waals surface area contributed by atoms with Crippen molar-refractivity contribution < 1.29 is 0 Å². The fourth-order valence-corrected chi connectivity index (χ4v) is 3.55.